The highest BCUT2D eigenvalue weighted by Gasteiger charge is 2.25. The quantitative estimate of drug-likeness (QED) is 0.176. The Kier molecular flexibility index (Phi) is 5.28. The second kappa shape index (κ2) is 8.94. The summed E-state index contributed by atoms with van der Waals surface area (Å²) < 4.78 is 0. The van der Waals surface area contributed by atoms with Crippen LogP contribution in [0.3, 0.4) is 0 Å². The Morgan fingerprint density at radius 3 is 2.24 bits per heavy atom. The number of hydrogen-bond donors (Lipinski definition) is 0. The summed E-state index contributed by atoms with van der Waals surface area (Å²) in [5.41, 5.74) is 3.62. The Labute approximate surface area is 223 Å². The van der Waals surface area contributed by atoms with Gasteiger partial charge >= 0.3 is 0 Å². The van der Waals surface area contributed by atoms with Gasteiger partial charge in [0.25, 0.3) is 0 Å². The first-order chi connectivity index (χ1) is 18.3. The van der Waals surface area contributed by atoms with E-state index in [0.717, 1.165) is 37.1 Å². The number of para-hydroxylation sites is 2. The van der Waals surface area contributed by atoms with Gasteiger partial charge in [0.1, 0.15) is 11.1 Å². The zero-order chi connectivity index (χ0) is 24.8. The maximum atomic E-state index is 10.2. The first-order valence-corrected chi connectivity index (χ1v) is 13.6. The minimum atomic E-state index is 0.561. The summed E-state index contributed by atoms with van der Waals surface area (Å²) in [4.78, 5) is 10.5. The van der Waals surface area contributed by atoms with E-state index in [4.69, 9.17) is 0 Å². The van der Waals surface area contributed by atoms with E-state index in [1.54, 1.807) is 29.3 Å². The molecule has 0 unspecified atom stereocenters. The second-order valence-corrected chi connectivity index (χ2v) is 10.9. The van der Waals surface area contributed by atoms with Crippen LogP contribution in [0.5, 0.6) is 0 Å². The van der Waals surface area contributed by atoms with E-state index >= 15 is 0 Å². The van der Waals surface area contributed by atoms with Crippen molar-refractivity contribution in [2.45, 2.75) is 9.79 Å². The molecule has 0 bridgehead atoms. The van der Waals surface area contributed by atoms with Crippen molar-refractivity contribution in [3.63, 3.8) is 0 Å². The van der Waals surface area contributed by atoms with E-state index in [1.807, 2.05) is 24.3 Å². The molecular formula is C32H19N3S2. The van der Waals surface area contributed by atoms with Crippen LogP contribution in [0.25, 0.3) is 33.2 Å². The zero-order valence-electron chi connectivity index (χ0n) is 19.6. The summed E-state index contributed by atoms with van der Waals surface area (Å²) in [5, 5.41) is 15.7. The first-order valence-electron chi connectivity index (χ1n) is 11.9. The van der Waals surface area contributed by atoms with Gasteiger partial charge in [0, 0.05) is 26.3 Å². The molecule has 0 N–H and O–H groups in total. The third-order valence-electron chi connectivity index (χ3n) is 6.58. The molecule has 174 valence electrons. The third kappa shape index (κ3) is 3.70. The lowest BCUT2D eigenvalue weighted by Crippen LogP contribution is -2.13. The summed E-state index contributed by atoms with van der Waals surface area (Å²) in [6.45, 7) is 0. The number of rotatable bonds is 3. The van der Waals surface area contributed by atoms with Gasteiger partial charge in [-0.25, -0.2) is 0 Å². The van der Waals surface area contributed by atoms with Crippen molar-refractivity contribution in [3.05, 3.63) is 120 Å². The molecule has 37 heavy (non-hydrogen) atoms. The predicted octanol–water partition coefficient (Wildman–Crippen LogP) is 9.45. The van der Waals surface area contributed by atoms with E-state index < -0.39 is 0 Å². The molecule has 2 aromatic heterocycles. The summed E-state index contributed by atoms with van der Waals surface area (Å²) in [7, 11) is 0. The van der Waals surface area contributed by atoms with Crippen molar-refractivity contribution in [3.8, 4) is 6.07 Å². The summed E-state index contributed by atoms with van der Waals surface area (Å²) in [6.07, 6.45) is 3.75. The molecule has 0 atom stereocenters. The highest BCUT2D eigenvalue weighted by Crippen LogP contribution is 2.52. The molecule has 1 aliphatic rings. The Morgan fingerprint density at radius 2 is 1.46 bits per heavy atom. The van der Waals surface area contributed by atoms with Crippen molar-refractivity contribution in [2.75, 3.05) is 4.90 Å². The van der Waals surface area contributed by atoms with Crippen LogP contribution in [0.1, 0.15) is 10.6 Å². The van der Waals surface area contributed by atoms with Gasteiger partial charge in [-0.3, -0.25) is 9.88 Å². The molecule has 5 heteroatoms. The van der Waals surface area contributed by atoms with Crippen LogP contribution in [0.2, 0.25) is 0 Å². The molecule has 7 rings (SSSR count). The Bertz CT molecular complexity index is 1850. The molecule has 0 spiro atoms. The minimum Gasteiger partial charge on any atom is -0.300 e. The molecule has 1 aliphatic heterocycles. The Morgan fingerprint density at radius 1 is 0.757 bits per heavy atom. The van der Waals surface area contributed by atoms with Gasteiger partial charge in [0.15, 0.2) is 0 Å². The van der Waals surface area contributed by atoms with Crippen LogP contribution in [-0.4, -0.2) is 4.98 Å². The fourth-order valence-corrected chi connectivity index (χ4v) is 6.97. The highest BCUT2D eigenvalue weighted by atomic mass is 32.2. The topological polar surface area (TPSA) is 39.9 Å². The summed E-state index contributed by atoms with van der Waals surface area (Å²) in [5.74, 6) is 0. The van der Waals surface area contributed by atoms with Gasteiger partial charge in [0.2, 0.25) is 0 Å². The molecule has 6 aromatic rings. The monoisotopic (exact) mass is 509 g/mol. The molecule has 4 aromatic carbocycles. The van der Waals surface area contributed by atoms with Crippen LogP contribution in [-0.2, 0) is 0 Å². The fraction of sp³-hybridized carbons (Fsp3) is 0. The largest absolute Gasteiger partial charge is 0.300 e. The van der Waals surface area contributed by atoms with Gasteiger partial charge in [-0.2, -0.15) is 5.26 Å². The van der Waals surface area contributed by atoms with Crippen molar-refractivity contribution in [1.29, 1.82) is 5.26 Å². The van der Waals surface area contributed by atoms with Crippen molar-refractivity contribution in [1.82, 2.24) is 4.98 Å². The number of hydrogen-bond acceptors (Lipinski definition) is 5. The molecular weight excluding hydrogens is 491 g/mol. The van der Waals surface area contributed by atoms with Crippen molar-refractivity contribution < 1.29 is 0 Å². The van der Waals surface area contributed by atoms with Crippen molar-refractivity contribution >= 4 is 72.7 Å². The van der Waals surface area contributed by atoms with Gasteiger partial charge < -0.3 is 0 Å². The number of fused-ring (bicyclic) bond motifs is 5. The van der Waals surface area contributed by atoms with E-state index in [-0.39, 0.29) is 0 Å². The fourth-order valence-electron chi connectivity index (χ4n) is 4.93. The Hall–Kier alpha value is -4.37. The van der Waals surface area contributed by atoms with E-state index in [0.29, 0.717) is 5.57 Å². The maximum absolute atomic E-state index is 10.2. The molecule has 0 aliphatic carbocycles. The van der Waals surface area contributed by atoms with Gasteiger partial charge in [-0.05, 0) is 64.7 Å². The number of aromatic nitrogens is 1. The molecule has 0 fully saturated rings. The van der Waals surface area contributed by atoms with Crippen LogP contribution >= 0.6 is 23.1 Å². The summed E-state index contributed by atoms with van der Waals surface area (Å²) in [6, 6.07) is 38.2. The molecule has 0 saturated heterocycles. The molecule has 0 saturated carbocycles. The standard InChI is InChI=1S/C32H19N3S2/c33-20-23(32-31-22(17-18-34-32)14-13-21-7-1-2-8-25(21)31)19-24-15-16-30(36-24)35-26-9-3-5-11-28(26)37-29-12-6-4-10-27(29)35/h1-19H/b23-19+. The normalized spacial score (nSPS) is 12.8. The molecule has 0 amide bonds. The smallest absolute Gasteiger partial charge is 0.101 e. The number of benzene rings is 4. The average Bonchev–Trinajstić information content (AvgIpc) is 3.42. The van der Waals surface area contributed by atoms with Crippen LogP contribution in [0.4, 0.5) is 16.4 Å². The van der Waals surface area contributed by atoms with Crippen LogP contribution in [0, 0.1) is 11.3 Å². The van der Waals surface area contributed by atoms with Crippen LogP contribution in [0.15, 0.2) is 119 Å². The number of pyridine rings is 1. The molecule has 0 radical (unpaired) electrons. The Balaban J connectivity index is 1.35. The zero-order valence-corrected chi connectivity index (χ0v) is 21.3. The number of thiophene rings is 1. The first kappa shape index (κ1) is 21.9. The lowest BCUT2D eigenvalue weighted by Gasteiger charge is -2.31. The number of nitriles is 1. The second-order valence-electron chi connectivity index (χ2n) is 8.76. The van der Waals surface area contributed by atoms with E-state index in [1.165, 1.54) is 21.2 Å². The SMILES string of the molecule is N#C/C(=C\c1ccc(N2c3ccccc3Sc3ccccc32)s1)c1nccc2ccc3ccccc3c12. The lowest BCUT2D eigenvalue weighted by atomic mass is 9.98. The maximum Gasteiger partial charge on any atom is 0.101 e. The van der Waals surface area contributed by atoms with Gasteiger partial charge in [-0.15, -0.1) is 11.3 Å². The lowest BCUT2D eigenvalue weighted by molar-refractivity contribution is 1.18. The minimum absolute atomic E-state index is 0.561. The number of nitrogens with zero attached hydrogens (tertiary/aromatic N) is 3. The van der Waals surface area contributed by atoms with Crippen molar-refractivity contribution in [2.24, 2.45) is 0 Å². The van der Waals surface area contributed by atoms with Gasteiger partial charge in [0.05, 0.1) is 22.6 Å². The van der Waals surface area contributed by atoms with E-state index in [9.17, 15) is 5.26 Å². The molecule has 3 nitrogen and oxygen atoms in total. The number of anilines is 3. The van der Waals surface area contributed by atoms with Crippen LogP contribution < -0.4 is 4.90 Å². The van der Waals surface area contributed by atoms with E-state index in [2.05, 4.69) is 101 Å². The summed E-state index contributed by atoms with van der Waals surface area (Å²) >= 11 is 3.48. The highest BCUT2D eigenvalue weighted by molar-refractivity contribution is 7.99. The third-order valence-corrected chi connectivity index (χ3v) is 8.73. The van der Waals surface area contributed by atoms with Gasteiger partial charge in [-0.1, -0.05) is 72.4 Å². The molecule has 3 heterocycles. The number of allylic oxidation sites excluding steroid dienone is 1. The predicted molar refractivity (Wildman–Crippen MR) is 156 cm³/mol. The average molecular weight is 510 g/mol.